The van der Waals surface area contributed by atoms with Crippen molar-refractivity contribution in [2.75, 3.05) is 20.1 Å². The van der Waals surface area contributed by atoms with E-state index in [2.05, 4.69) is 10.3 Å². The lowest BCUT2D eigenvalue weighted by molar-refractivity contribution is -0.130. The van der Waals surface area contributed by atoms with Crippen molar-refractivity contribution in [2.24, 2.45) is 0 Å². The topological polar surface area (TPSA) is 68.4 Å². The van der Waals surface area contributed by atoms with E-state index < -0.39 is 0 Å². The number of likely N-dealkylation sites (N-methyl/N-ethyl adjacent to an activating group) is 1. The van der Waals surface area contributed by atoms with E-state index in [9.17, 15) is 9.59 Å². The Bertz CT molecular complexity index is 793. The van der Waals surface area contributed by atoms with Crippen LogP contribution in [0.3, 0.4) is 0 Å². The molecule has 0 aliphatic carbocycles. The van der Waals surface area contributed by atoms with Gasteiger partial charge in [-0.15, -0.1) is 0 Å². The number of benzene rings is 1. The summed E-state index contributed by atoms with van der Waals surface area (Å²) in [7, 11) is 1.79. The van der Waals surface area contributed by atoms with Gasteiger partial charge in [0.2, 0.25) is 5.91 Å². The van der Waals surface area contributed by atoms with Crippen molar-refractivity contribution in [3.63, 3.8) is 0 Å². The Labute approximate surface area is 158 Å². The number of aromatic amines is 1. The molecule has 7 heteroatoms. The molecule has 6 nitrogen and oxygen atoms in total. The maximum atomic E-state index is 12.5. The average molecular weight is 377 g/mol. The number of amides is 3. The number of nitrogens with zero attached hydrogens (tertiary/aromatic N) is 2. The van der Waals surface area contributed by atoms with E-state index in [0.717, 1.165) is 46.6 Å². The van der Waals surface area contributed by atoms with E-state index in [0.29, 0.717) is 13.1 Å². The molecule has 2 heterocycles. The molecule has 26 heavy (non-hydrogen) atoms. The quantitative estimate of drug-likeness (QED) is 0.863. The molecule has 1 atom stereocenters. The van der Waals surface area contributed by atoms with Gasteiger partial charge in [-0.05, 0) is 43.5 Å². The smallest absolute Gasteiger partial charge is 0.317 e. The van der Waals surface area contributed by atoms with E-state index in [4.69, 9.17) is 11.6 Å². The number of aromatic nitrogens is 1. The van der Waals surface area contributed by atoms with Gasteiger partial charge in [0.15, 0.2) is 0 Å². The minimum absolute atomic E-state index is 0.0526. The van der Waals surface area contributed by atoms with Crippen LogP contribution in [0.2, 0.25) is 5.02 Å². The fourth-order valence-electron chi connectivity index (χ4n) is 3.43. The van der Waals surface area contributed by atoms with Crippen LogP contribution < -0.4 is 5.32 Å². The van der Waals surface area contributed by atoms with E-state index >= 15 is 0 Å². The molecule has 1 aliphatic rings. The maximum Gasteiger partial charge on any atom is 0.317 e. The van der Waals surface area contributed by atoms with Gasteiger partial charge in [-0.3, -0.25) is 4.79 Å². The molecule has 0 radical (unpaired) electrons. The molecule has 0 unspecified atom stereocenters. The highest BCUT2D eigenvalue weighted by Gasteiger charge is 2.27. The number of fused-ring (bicyclic) bond motifs is 1. The third-order valence-electron chi connectivity index (χ3n) is 5.10. The predicted octanol–water partition coefficient (Wildman–Crippen LogP) is 3.28. The van der Waals surface area contributed by atoms with E-state index in [1.165, 1.54) is 0 Å². The van der Waals surface area contributed by atoms with Crippen LogP contribution in [-0.2, 0) is 11.3 Å². The van der Waals surface area contributed by atoms with Gasteiger partial charge in [0.05, 0.1) is 12.6 Å². The second-order valence-electron chi connectivity index (χ2n) is 7.01. The minimum atomic E-state index is -0.131. The van der Waals surface area contributed by atoms with Crippen LogP contribution in [0.4, 0.5) is 4.79 Å². The molecule has 3 amide bonds. The number of likely N-dealkylation sites (tertiary alicyclic amines) is 1. The Balaban J connectivity index is 1.60. The number of hydrogen-bond acceptors (Lipinski definition) is 2. The van der Waals surface area contributed by atoms with E-state index in [1.54, 1.807) is 18.9 Å². The van der Waals surface area contributed by atoms with Crippen molar-refractivity contribution < 1.29 is 9.59 Å². The highest BCUT2D eigenvalue weighted by Crippen LogP contribution is 2.24. The van der Waals surface area contributed by atoms with Gasteiger partial charge in [0.25, 0.3) is 0 Å². The van der Waals surface area contributed by atoms with Crippen molar-refractivity contribution in [2.45, 2.75) is 39.3 Å². The molecule has 140 valence electrons. The Morgan fingerprint density at radius 2 is 2.15 bits per heavy atom. The number of halogens is 1. The summed E-state index contributed by atoms with van der Waals surface area (Å²) in [6.07, 6.45) is 1.84. The van der Waals surface area contributed by atoms with Gasteiger partial charge in [-0.1, -0.05) is 11.6 Å². The van der Waals surface area contributed by atoms with Gasteiger partial charge in [-0.2, -0.15) is 0 Å². The number of rotatable bonds is 3. The second kappa shape index (κ2) is 7.58. The first kappa shape index (κ1) is 18.6. The zero-order valence-corrected chi connectivity index (χ0v) is 16.2. The number of hydrogen-bond donors (Lipinski definition) is 2. The average Bonchev–Trinajstić information content (AvgIpc) is 3.01. The number of aryl methyl sites for hydroxylation is 1. The summed E-state index contributed by atoms with van der Waals surface area (Å²) in [6, 6.07) is 5.86. The third kappa shape index (κ3) is 3.96. The highest BCUT2D eigenvalue weighted by atomic mass is 35.5. The molecule has 0 spiro atoms. The molecular weight excluding hydrogens is 352 g/mol. The third-order valence-corrected chi connectivity index (χ3v) is 5.50. The second-order valence-corrected chi connectivity index (χ2v) is 7.42. The first-order valence-corrected chi connectivity index (χ1v) is 9.27. The Hall–Kier alpha value is -2.21. The molecule has 2 N–H and O–H groups in total. The number of piperidine rings is 1. The van der Waals surface area contributed by atoms with Crippen LogP contribution in [0.1, 0.15) is 31.0 Å². The number of H-pyrrole nitrogens is 1. The monoisotopic (exact) mass is 376 g/mol. The summed E-state index contributed by atoms with van der Waals surface area (Å²) in [6.45, 7) is 5.33. The summed E-state index contributed by atoms with van der Waals surface area (Å²) in [4.78, 5) is 30.9. The zero-order valence-electron chi connectivity index (χ0n) is 15.4. The first-order chi connectivity index (χ1) is 12.3. The Morgan fingerprint density at radius 3 is 2.88 bits per heavy atom. The van der Waals surface area contributed by atoms with Crippen LogP contribution >= 0.6 is 11.6 Å². The van der Waals surface area contributed by atoms with Gasteiger partial charge in [0, 0.05) is 48.7 Å². The number of nitrogens with one attached hydrogen (secondary N) is 2. The van der Waals surface area contributed by atoms with Crippen molar-refractivity contribution in [1.82, 2.24) is 20.1 Å². The van der Waals surface area contributed by atoms with Gasteiger partial charge in [0.1, 0.15) is 0 Å². The summed E-state index contributed by atoms with van der Waals surface area (Å²) in [5.74, 6) is 0.0653. The zero-order chi connectivity index (χ0) is 18.8. The largest absolute Gasteiger partial charge is 0.357 e. The van der Waals surface area contributed by atoms with Gasteiger partial charge >= 0.3 is 6.03 Å². The lowest BCUT2D eigenvalue weighted by Gasteiger charge is -2.37. The summed E-state index contributed by atoms with van der Waals surface area (Å²) >= 11 is 6.17. The number of carbonyl (C=O) groups is 2. The molecule has 1 aliphatic heterocycles. The van der Waals surface area contributed by atoms with Crippen molar-refractivity contribution >= 4 is 34.4 Å². The maximum absolute atomic E-state index is 12.5. The molecular formula is C19H25ClN4O2. The van der Waals surface area contributed by atoms with Crippen LogP contribution in [0.15, 0.2) is 18.2 Å². The number of carbonyl (C=O) groups excluding carboxylic acids is 2. The van der Waals surface area contributed by atoms with Crippen molar-refractivity contribution in [3.05, 3.63) is 34.5 Å². The standard InChI is InChI=1S/C19H25ClN4O2/c1-12-7-18-14(9-17(12)20)8-15(22-18)10-21-19(26)23(3)16-5-4-6-24(11-16)13(2)25/h7-9,16,22H,4-6,10-11H2,1-3H3,(H,21,26)/t16-/m1/s1. The number of urea groups is 1. The molecule has 1 saturated heterocycles. The van der Waals surface area contributed by atoms with Crippen LogP contribution in [0, 0.1) is 6.92 Å². The van der Waals surface area contributed by atoms with E-state index in [-0.39, 0.29) is 18.0 Å². The molecule has 0 saturated carbocycles. The molecule has 1 fully saturated rings. The van der Waals surface area contributed by atoms with Crippen LogP contribution in [0.5, 0.6) is 0 Å². The summed E-state index contributed by atoms with van der Waals surface area (Å²) in [5, 5.41) is 4.72. The molecule has 1 aromatic carbocycles. The molecule has 3 rings (SSSR count). The van der Waals surface area contributed by atoms with Crippen LogP contribution in [0.25, 0.3) is 10.9 Å². The first-order valence-electron chi connectivity index (χ1n) is 8.89. The van der Waals surface area contributed by atoms with Gasteiger partial charge in [-0.25, -0.2) is 4.79 Å². The lowest BCUT2D eigenvalue weighted by Crippen LogP contribution is -2.52. The molecule has 1 aromatic heterocycles. The lowest BCUT2D eigenvalue weighted by atomic mass is 10.0. The van der Waals surface area contributed by atoms with E-state index in [1.807, 2.05) is 30.0 Å². The normalized spacial score (nSPS) is 17.4. The highest BCUT2D eigenvalue weighted by molar-refractivity contribution is 6.32. The Kier molecular flexibility index (Phi) is 5.41. The summed E-state index contributed by atoms with van der Waals surface area (Å²) in [5.41, 5.74) is 2.95. The van der Waals surface area contributed by atoms with Crippen LogP contribution in [-0.4, -0.2) is 52.9 Å². The SMILES string of the molecule is CC(=O)N1CCC[C@@H](N(C)C(=O)NCc2cc3cc(Cl)c(C)cc3[nH]2)C1. The fraction of sp³-hybridized carbons (Fsp3) is 0.474. The fourth-order valence-corrected chi connectivity index (χ4v) is 3.61. The summed E-state index contributed by atoms with van der Waals surface area (Å²) < 4.78 is 0. The van der Waals surface area contributed by atoms with Gasteiger partial charge < -0.3 is 20.1 Å². The predicted molar refractivity (Wildman–Crippen MR) is 103 cm³/mol. The Morgan fingerprint density at radius 1 is 1.38 bits per heavy atom. The minimum Gasteiger partial charge on any atom is -0.357 e. The molecule has 2 aromatic rings. The van der Waals surface area contributed by atoms with Crippen molar-refractivity contribution in [1.29, 1.82) is 0 Å². The molecule has 0 bridgehead atoms. The van der Waals surface area contributed by atoms with Crippen molar-refractivity contribution in [3.8, 4) is 0 Å².